The molecule has 1 N–H and O–H groups in total. The van der Waals surface area contributed by atoms with Crippen molar-refractivity contribution in [1.82, 2.24) is 4.90 Å². The number of hydrogen-bond acceptors (Lipinski definition) is 3. The van der Waals surface area contributed by atoms with Gasteiger partial charge in [-0.25, -0.2) is 0 Å². The van der Waals surface area contributed by atoms with E-state index in [1.54, 1.807) is 18.2 Å². The van der Waals surface area contributed by atoms with E-state index in [-0.39, 0.29) is 30.7 Å². The van der Waals surface area contributed by atoms with E-state index < -0.39 is 6.10 Å². The molecule has 1 aromatic rings. The molecule has 4 heteroatoms. The third-order valence-electron chi connectivity index (χ3n) is 3.27. The lowest BCUT2D eigenvalue weighted by Gasteiger charge is -2.29. The third kappa shape index (κ3) is 2.29. The number of carbonyl (C=O) groups is 2. The van der Waals surface area contributed by atoms with Gasteiger partial charge in [-0.3, -0.25) is 14.5 Å². The molecule has 0 fully saturated rings. The minimum atomic E-state index is -0.678. The Morgan fingerprint density at radius 2 is 1.94 bits per heavy atom. The first kappa shape index (κ1) is 12.8. The summed E-state index contributed by atoms with van der Waals surface area (Å²) in [7, 11) is 0. The number of aliphatic hydroxyl groups excluding tert-OH is 1. The van der Waals surface area contributed by atoms with Gasteiger partial charge in [0, 0.05) is 5.56 Å². The van der Waals surface area contributed by atoms with Gasteiger partial charge in [-0.2, -0.15) is 0 Å². The second-order valence-electron chi connectivity index (χ2n) is 4.95. The molecule has 4 nitrogen and oxygen atoms in total. The molecular formula is C14H17NO3. The fourth-order valence-electron chi connectivity index (χ4n) is 1.98. The predicted octanol–water partition coefficient (Wildman–Crippen LogP) is 1.23. The smallest absolute Gasteiger partial charge is 0.260 e. The molecule has 0 bridgehead atoms. The van der Waals surface area contributed by atoms with Crippen LogP contribution in [0.25, 0.3) is 0 Å². The Hall–Kier alpha value is -1.68. The van der Waals surface area contributed by atoms with E-state index in [0.717, 1.165) is 10.5 Å². The zero-order valence-corrected chi connectivity index (χ0v) is 10.6. The van der Waals surface area contributed by atoms with Crippen LogP contribution in [0, 0.1) is 5.92 Å². The van der Waals surface area contributed by atoms with Gasteiger partial charge in [0.25, 0.3) is 5.91 Å². The molecule has 2 rings (SSSR count). The van der Waals surface area contributed by atoms with Crippen molar-refractivity contribution in [3.05, 3.63) is 35.4 Å². The van der Waals surface area contributed by atoms with Crippen LogP contribution in [0.1, 0.15) is 29.8 Å². The van der Waals surface area contributed by atoms with E-state index in [0.29, 0.717) is 5.56 Å². The Morgan fingerprint density at radius 1 is 1.28 bits per heavy atom. The number of nitrogens with zero attached hydrogens (tertiary/aromatic N) is 1. The molecule has 1 aliphatic rings. The molecule has 0 saturated heterocycles. The van der Waals surface area contributed by atoms with Gasteiger partial charge < -0.3 is 5.11 Å². The maximum absolute atomic E-state index is 12.2. The summed E-state index contributed by atoms with van der Waals surface area (Å²) in [6, 6.07) is 7.11. The molecule has 1 atom stereocenters. The number of hydrogen-bond donors (Lipinski definition) is 1. The number of aliphatic hydroxyl groups is 1. The van der Waals surface area contributed by atoms with Crippen LogP contribution in [0.15, 0.2) is 24.3 Å². The van der Waals surface area contributed by atoms with Crippen LogP contribution in [0.2, 0.25) is 0 Å². The Balaban J connectivity index is 2.24. The van der Waals surface area contributed by atoms with Crippen LogP contribution in [-0.4, -0.2) is 34.5 Å². The van der Waals surface area contributed by atoms with E-state index in [4.69, 9.17) is 0 Å². The van der Waals surface area contributed by atoms with Gasteiger partial charge in [-0.05, 0) is 17.5 Å². The molecule has 1 heterocycles. The summed E-state index contributed by atoms with van der Waals surface area (Å²) in [5.74, 6) is -0.525. The van der Waals surface area contributed by atoms with Gasteiger partial charge in [0.1, 0.15) is 0 Å². The quantitative estimate of drug-likeness (QED) is 0.817. The lowest BCUT2D eigenvalue weighted by Crippen LogP contribution is -2.47. The highest BCUT2D eigenvalue weighted by molar-refractivity contribution is 6.09. The minimum absolute atomic E-state index is 0.0165. The number of β-amino-alcohol motifs (C(OH)–C–C–N with tert-alkyl or cyclic N) is 1. The third-order valence-corrected chi connectivity index (χ3v) is 3.27. The Morgan fingerprint density at radius 3 is 2.61 bits per heavy atom. The Labute approximate surface area is 106 Å². The maximum Gasteiger partial charge on any atom is 0.260 e. The highest BCUT2D eigenvalue weighted by Crippen LogP contribution is 2.20. The van der Waals surface area contributed by atoms with Crippen molar-refractivity contribution in [2.75, 3.05) is 6.54 Å². The molecule has 2 amide bonds. The molecule has 0 saturated carbocycles. The van der Waals surface area contributed by atoms with Crippen molar-refractivity contribution in [2.45, 2.75) is 26.4 Å². The van der Waals surface area contributed by atoms with E-state index in [2.05, 4.69) is 0 Å². The monoisotopic (exact) mass is 247 g/mol. The van der Waals surface area contributed by atoms with Gasteiger partial charge in [-0.15, -0.1) is 0 Å². The van der Waals surface area contributed by atoms with Crippen LogP contribution < -0.4 is 0 Å². The second kappa shape index (κ2) is 4.90. The van der Waals surface area contributed by atoms with Gasteiger partial charge >= 0.3 is 0 Å². The summed E-state index contributed by atoms with van der Waals surface area (Å²) in [5, 5.41) is 9.82. The van der Waals surface area contributed by atoms with Gasteiger partial charge in [-0.1, -0.05) is 32.0 Å². The summed E-state index contributed by atoms with van der Waals surface area (Å²) < 4.78 is 0. The maximum atomic E-state index is 12.2. The van der Waals surface area contributed by atoms with Gasteiger partial charge in [0.2, 0.25) is 5.91 Å². The first-order valence-electron chi connectivity index (χ1n) is 6.11. The molecule has 0 aromatic heterocycles. The molecule has 18 heavy (non-hydrogen) atoms. The van der Waals surface area contributed by atoms with Crippen molar-refractivity contribution in [3.63, 3.8) is 0 Å². The number of imide groups is 1. The van der Waals surface area contributed by atoms with E-state index in [1.165, 1.54) is 0 Å². The fraction of sp³-hybridized carbons (Fsp3) is 0.429. The molecular weight excluding hydrogens is 230 g/mol. The summed E-state index contributed by atoms with van der Waals surface area (Å²) in [6.07, 6.45) is -0.449. The summed E-state index contributed by atoms with van der Waals surface area (Å²) in [6.45, 7) is 3.79. The molecule has 0 spiro atoms. The van der Waals surface area contributed by atoms with Crippen molar-refractivity contribution in [2.24, 2.45) is 5.92 Å². The molecule has 0 radical (unpaired) electrons. The minimum Gasteiger partial charge on any atom is -0.391 e. The Bertz CT molecular complexity index is 482. The lowest BCUT2D eigenvalue weighted by molar-refractivity contribution is -0.129. The average Bonchev–Trinajstić information content (AvgIpc) is 2.34. The second-order valence-corrected chi connectivity index (χ2v) is 4.95. The average molecular weight is 247 g/mol. The number of rotatable bonds is 3. The summed E-state index contributed by atoms with van der Waals surface area (Å²) in [4.78, 5) is 25.3. The first-order chi connectivity index (χ1) is 8.50. The number of fused-ring (bicyclic) bond motifs is 1. The molecule has 0 aliphatic carbocycles. The van der Waals surface area contributed by atoms with E-state index >= 15 is 0 Å². The molecule has 96 valence electrons. The van der Waals surface area contributed by atoms with E-state index in [9.17, 15) is 14.7 Å². The lowest BCUT2D eigenvalue weighted by atomic mass is 9.97. The number of benzene rings is 1. The van der Waals surface area contributed by atoms with Crippen LogP contribution in [0.5, 0.6) is 0 Å². The van der Waals surface area contributed by atoms with Crippen molar-refractivity contribution < 1.29 is 14.7 Å². The highest BCUT2D eigenvalue weighted by Gasteiger charge is 2.32. The molecule has 1 aliphatic heterocycles. The van der Waals surface area contributed by atoms with E-state index in [1.807, 2.05) is 19.9 Å². The first-order valence-corrected chi connectivity index (χ1v) is 6.11. The highest BCUT2D eigenvalue weighted by atomic mass is 16.3. The largest absolute Gasteiger partial charge is 0.391 e. The normalized spacial score (nSPS) is 17.0. The van der Waals surface area contributed by atoms with Crippen LogP contribution in [-0.2, 0) is 11.2 Å². The predicted molar refractivity (Wildman–Crippen MR) is 67.0 cm³/mol. The van der Waals surface area contributed by atoms with Gasteiger partial charge in [0.05, 0.1) is 19.1 Å². The zero-order chi connectivity index (χ0) is 13.3. The topological polar surface area (TPSA) is 57.6 Å². The van der Waals surface area contributed by atoms with Gasteiger partial charge in [0.15, 0.2) is 0 Å². The molecule has 1 aromatic carbocycles. The van der Waals surface area contributed by atoms with Crippen LogP contribution in [0.4, 0.5) is 0 Å². The Kier molecular flexibility index (Phi) is 3.48. The summed E-state index contributed by atoms with van der Waals surface area (Å²) >= 11 is 0. The summed E-state index contributed by atoms with van der Waals surface area (Å²) in [5.41, 5.74) is 1.33. The van der Waals surface area contributed by atoms with Crippen LogP contribution in [0.3, 0.4) is 0 Å². The fourth-order valence-corrected chi connectivity index (χ4v) is 1.98. The van der Waals surface area contributed by atoms with Crippen molar-refractivity contribution >= 4 is 11.8 Å². The standard InChI is InChI=1S/C14H17NO3/c1-9(2)12(16)8-15-13(17)7-10-5-3-4-6-11(10)14(15)18/h3-6,9,12,16H,7-8H2,1-2H3. The van der Waals surface area contributed by atoms with Crippen LogP contribution >= 0.6 is 0 Å². The van der Waals surface area contributed by atoms with Crippen molar-refractivity contribution in [3.8, 4) is 0 Å². The number of carbonyl (C=O) groups excluding carboxylic acids is 2. The SMILES string of the molecule is CC(C)C(O)CN1C(=O)Cc2ccccc2C1=O. The molecule has 1 unspecified atom stereocenters. The zero-order valence-electron chi connectivity index (χ0n) is 10.6. The number of amides is 2. The van der Waals surface area contributed by atoms with Crippen molar-refractivity contribution in [1.29, 1.82) is 0 Å².